The van der Waals surface area contributed by atoms with Gasteiger partial charge in [0.15, 0.2) is 0 Å². The van der Waals surface area contributed by atoms with Gasteiger partial charge in [0.1, 0.15) is 0 Å². The second-order valence-corrected chi connectivity index (χ2v) is 6.93. The molecule has 0 aliphatic carbocycles. The summed E-state index contributed by atoms with van der Waals surface area (Å²) in [5.41, 5.74) is 7.24. The molecule has 1 nitrogen and oxygen atoms in total. The van der Waals surface area contributed by atoms with Crippen molar-refractivity contribution >= 4 is 23.2 Å². The van der Waals surface area contributed by atoms with E-state index in [-0.39, 0.29) is 5.48 Å². The Morgan fingerprint density at radius 2 is 0.759 bits per heavy atom. The fraction of sp³-hybridized carbons (Fsp3) is 0.0769. The highest BCUT2D eigenvalue weighted by Gasteiger charge is 1.98. The van der Waals surface area contributed by atoms with Gasteiger partial charge in [-0.25, -0.2) is 0 Å². The Morgan fingerprint density at radius 3 is 1.10 bits per heavy atom. The van der Waals surface area contributed by atoms with Gasteiger partial charge >= 0.3 is 0 Å². The Hall–Kier alpha value is -2.58. The van der Waals surface area contributed by atoms with Crippen molar-refractivity contribution in [3.63, 3.8) is 0 Å². The largest absolute Gasteiger partial charge is 0.412 e. The summed E-state index contributed by atoms with van der Waals surface area (Å²) in [5.74, 6) is 1.14. The quantitative estimate of drug-likeness (QED) is 0.307. The number of benzene rings is 4. The van der Waals surface area contributed by atoms with E-state index >= 15 is 0 Å². The maximum absolute atomic E-state index is 5.79. The number of hydrogen-bond acceptors (Lipinski definition) is 0. The molecule has 0 atom stereocenters. The highest BCUT2D eigenvalue weighted by Crippen LogP contribution is 2.21. The van der Waals surface area contributed by atoms with E-state index in [0.29, 0.717) is 11.8 Å². The molecule has 0 unspecified atom stereocenters. The van der Waals surface area contributed by atoms with Crippen molar-refractivity contribution in [2.45, 2.75) is 11.8 Å². The Bertz CT molecular complexity index is 902. The van der Waals surface area contributed by atoms with Crippen molar-refractivity contribution in [2.24, 2.45) is 0 Å². The molecule has 0 bridgehead atoms. The van der Waals surface area contributed by atoms with Crippen LogP contribution < -0.4 is 0 Å². The molecule has 29 heavy (non-hydrogen) atoms. The van der Waals surface area contributed by atoms with Gasteiger partial charge in [-0.2, -0.15) is 0 Å². The van der Waals surface area contributed by atoms with Gasteiger partial charge in [0, 0.05) is 11.8 Å². The van der Waals surface area contributed by atoms with Crippen LogP contribution in [-0.2, 0) is 11.8 Å². The minimum absolute atomic E-state index is 0. The van der Waals surface area contributed by atoms with Crippen molar-refractivity contribution in [1.29, 1.82) is 0 Å². The minimum atomic E-state index is 0. The standard InChI is InChI=1S/2C13H11Cl.H2O/c2*14-10-11-5-4-8-13(9-11)12-6-2-1-3-7-12;/h2*1-9H,10H2;1H2. The Kier molecular flexibility index (Phi) is 9.46. The van der Waals surface area contributed by atoms with E-state index in [1.807, 2.05) is 60.7 Å². The van der Waals surface area contributed by atoms with E-state index < -0.39 is 0 Å². The van der Waals surface area contributed by atoms with Crippen LogP contribution in [0.3, 0.4) is 0 Å². The topological polar surface area (TPSA) is 31.5 Å². The van der Waals surface area contributed by atoms with Crippen molar-refractivity contribution in [1.82, 2.24) is 0 Å². The Morgan fingerprint density at radius 1 is 0.414 bits per heavy atom. The van der Waals surface area contributed by atoms with Gasteiger partial charge in [-0.3, -0.25) is 0 Å². The molecular formula is C26H24Cl2O. The first-order valence-electron chi connectivity index (χ1n) is 9.21. The van der Waals surface area contributed by atoms with Crippen molar-refractivity contribution in [3.8, 4) is 22.3 Å². The van der Waals surface area contributed by atoms with E-state index in [4.69, 9.17) is 23.2 Å². The SMILES string of the molecule is ClCc1cccc(-c2ccccc2)c1.ClCc1cccc(-c2ccccc2)c1.O. The van der Waals surface area contributed by atoms with Crippen molar-refractivity contribution in [2.75, 3.05) is 0 Å². The summed E-state index contributed by atoms with van der Waals surface area (Å²) in [6.45, 7) is 0. The second-order valence-electron chi connectivity index (χ2n) is 6.40. The lowest BCUT2D eigenvalue weighted by Crippen LogP contribution is -1.80. The van der Waals surface area contributed by atoms with Crippen LogP contribution in [0, 0.1) is 0 Å². The Labute approximate surface area is 182 Å². The summed E-state index contributed by atoms with van der Waals surface area (Å²) in [4.78, 5) is 0. The fourth-order valence-electron chi connectivity index (χ4n) is 2.93. The summed E-state index contributed by atoms with van der Waals surface area (Å²) in [6.07, 6.45) is 0. The van der Waals surface area contributed by atoms with Crippen molar-refractivity contribution < 1.29 is 5.48 Å². The molecule has 4 aromatic rings. The van der Waals surface area contributed by atoms with E-state index in [1.165, 1.54) is 22.3 Å². The van der Waals surface area contributed by atoms with Gasteiger partial charge in [0.2, 0.25) is 0 Å². The molecule has 0 saturated heterocycles. The average molecular weight is 423 g/mol. The zero-order chi connectivity index (χ0) is 19.6. The van der Waals surface area contributed by atoms with Gasteiger partial charge < -0.3 is 5.48 Å². The van der Waals surface area contributed by atoms with Crippen LogP contribution >= 0.6 is 23.2 Å². The number of rotatable bonds is 4. The maximum atomic E-state index is 5.79. The van der Waals surface area contributed by atoms with Gasteiger partial charge in [0.05, 0.1) is 0 Å². The smallest absolute Gasteiger partial charge is 0.0474 e. The molecule has 0 heterocycles. The van der Waals surface area contributed by atoms with E-state index in [1.54, 1.807) is 0 Å². The predicted molar refractivity (Wildman–Crippen MR) is 126 cm³/mol. The third kappa shape index (κ3) is 6.76. The van der Waals surface area contributed by atoms with Crippen LogP contribution in [0.25, 0.3) is 22.3 Å². The first kappa shape index (κ1) is 22.7. The molecule has 148 valence electrons. The molecule has 0 spiro atoms. The van der Waals surface area contributed by atoms with Crippen LogP contribution in [0.5, 0.6) is 0 Å². The number of halogens is 2. The minimum Gasteiger partial charge on any atom is -0.412 e. The van der Waals surface area contributed by atoms with Crippen LogP contribution in [-0.4, -0.2) is 5.48 Å². The van der Waals surface area contributed by atoms with Crippen LogP contribution in [0.1, 0.15) is 11.1 Å². The summed E-state index contributed by atoms with van der Waals surface area (Å²) in [5, 5.41) is 0. The zero-order valence-corrected chi connectivity index (χ0v) is 17.6. The fourth-order valence-corrected chi connectivity index (χ4v) is 3.26. The van der Waals surface area contributed by atoms with Crippen LogP contribution in [0.2, 0.25) is 0 Å². The Balaban J connectivity index is 0.000000200. The van der Waals surface area contributed by atoms with E-state index in [0.717, 1.165) is 11.1 Å². The molecule has 0 aromatic heterocycles. The van der Waals surface area contributed by atoms with Gasteiger partial charge in [-0.1, -0.05) is 97.1 Å². The first-order chi connectivity index (χ1) is 13.8. The summed E-state index contributed by atoms with van der Waals surface area (Å²) < 4.78 is 0. The average Bonchev–Trinajstić information content (AvgIpc) is 2.81. The normalized spacial score (nSPS) is 9.72. The molecule has 0 fully saturated rings. The van der Waals surface area contributed by atoms with Crippen LogP contribution in [0.15, 0.2) is 109 Å². The molecule has 4 aromatic carbocycles. The lowest BCUT2D eigenvalue weighted by molar-refractivity contribution is 0.824. The highest BCUT2D eigenvalue weighted by atomic mass is 35.5. The lowest BCUT2D eigenvalue weighted by Gasteiger charge is -2.02. The first-order valence-corrected chi connectivity index (χ1v) is 10.3. The van der Waals surface area contributed by atoms with E-state index in [2.05, 4.69) is 48.5 Å². The number of hydrogen-bond donors (Lipinski definition) is 0. The maximum Gasteiger partial charge on any atom is 0.0474 e. The number of alkyl halides is 2. The summed E-state index contributed by atoms with van der Waals surface area (Å²) >= 11 is 11.6. The molecule has 0 aliphatic heterocycles. The third-order valence-corrected chi connectivity index (χ3v) is 4.99. The predicted octanol–water partition coefficient (Wildman–Crippen LogP) is 7.36. The molecule has 0 radical (unpaired) electrons. The summed E-state index contributed by atoms with van der Waals surface area (Å²) in [7, 11) is 0. The molecule has 2 N–H and O–H groups in total. The lowest BCUT2D eigenvalue weighted by atomic mass is 10.0. The molecular weight excluding hydrogens is 399 g/mol. The van der Waals surface area contributed by atoms with Crippen molar-refractivity contribution in [3.05, 3.63) is 120 Å². The molecule has 0 aliphatic rings. The second kappa shape index (κ2) is 12.1. The monoisotopic (exact) mass is 422 g/mol. The molecule has 4 rings (SSSR count). The van der Waals surface area contributed by atoms with Crippen LogP contribution in [0.4, 0.5) is 0 Å². The van der Waals surface area contributed by atoms with Gasteiger partial charge in [0.25, 0.3) is 0 Å². The molecule has 3 heteroatoms. The highest BCUT2D eigenvalue weighted by molar-refractivity contribution is 6.17. The summed E-state index contributed by atoms with van der Waals surface area (Å²) in [6, 6.07) is 37.3. The van der Waals surface area contributed by atoms with Gasteiger partial charge in [-0.05, 0) is 45.5 Å². The van der Waals surface area contributed by atoms with E-state index in [9.17, 15) is 0 Å². The third-order valence-electron chi connectivity index (χ3n) is 4.38. The molecule has 0 saturated carbocycles. The zero-order valence-electron chi connectivity index (χ0n) is 16.1. The molecule has 0 amide bonds. The van der Waals surface area contributed by atoms with Gasteiger partial charge in [-0.15, -0.1) is 23.2 Å².